The number of nitrogens with zero attached hydrogens (tertiary/aromatic N) is 1. The maximum Gasteiger partial charge on any atom is 0.124 e. The van der Waals surface area contributed by atoms with Crippen LogP contribution in [-0.4, -0.2) is 13.3 Å². The van der Waals surface area contributed by atoms with Crippen molar-refractivity contribution in [3.8, 4) is 5.75 Å². The summed E-state index contributed by atoms with van der Waals surface area (Å²) in [5.41, 5.74) is 3.31. The van der Waals surface area contributed by atoms with Crippen LogP contribution in [0.3, 0.4) is 0 Å². The van der Waals surface area contributed by atoms with Gasteiger partial charge in [-0.05, 0) is 30.5 Å². The van der Waals surface area contributed by atoms with Gasteiger partial charge in [0, 0.05) is 11.8 Å². The van der Waals surface area contributed by atoms with Gasteiger partial charge in [0.2, 0.25) is 0 Å². The van der Waals surface area contributed by atoms with Gasteiger partial charge in [0.25, 0.3) is 0 Å². The third-order valence-corrected chi connectivity index (χ3v) is 3.26. The minimum atomic E-state index is 0.932. The highest BCUT2D eigenvalue weighted by Gasteiger charge is 2.07. The molecule has 2 nitrogen and oxygen atoms in total. The van der Waals surface area contributed by atoms with E-state index in [9.17, 15) is 0 Å². The van der Waals surface area contributed by atoms with Gasteiger partial charge in [-0.2, -0.15) is 0 Å². The molecule has 0 aromatic heterocycles. The zero-order valence-corrected chi connectivity index (χ0v) is 12.2. The van der Waals surface area contributed by atoms with Gasteiger partial charge in [-0.15, -0.1) is 0 Å². The maximum absolute atomic E-state index is 5.46. The lowest BCUT2D eigenvalue weighted by atomic mass is 10.1. The van der Waals surface area contributed by atoms with Gasteiger partial charge in [0.05, 0.1) is 12.8 Å². The molecule has 2 heteroatoms. The Balaban J connectivity index is 2.28. The molecule has 20 heavy (non-hydrogen) atoms. The number of hydrogen-bond donors (Lipinski definition) is 0. The standard InChI is InChI=1S/C18H21NO/c1-3-4-11-16-17(12-8-13-18(16)20-2)19-14-15-9-6-5-7-10-15/h5-10,12-14H,3-4,11H2,1-2H3. The first kappa shape index (κ1) is 14.3. The topological polar surface area (TPSA) is 21.6 Å². The molecule has 2 aromatic rings. The number of unbranched alkanes of at least 4 members (excludes halogenated alkanes) is 1. The summed E-state index contributed by atoms with van der Waals surface area (Å²) < 4.78 is 5.46. The van der Waals surface area contributed by atoms with Crippen LogP contribution in [0.15, 0.2) is 53.5 Å². The summed E-state index contributed by atoms with van der Waals surface area (Å²) in [6.45, 7) is 2.20. The van der Waals surface area contributed by atoms with Crippen molar-refractivity contribution in [2.45, 2.75) is 26.2 Å². The first-order valence-corrected chi connectivity index (χ1v) is 7.10. The Bertz CT molecular complexity index is 561. The quantitative estimate of drug-likeness (QED) is 0.690. The van der Waals surface area contributed by atoms with E-state index in [1.54, 1.807) is 7.11 Å². The molecule has 0 N–H and O–H groups in total. The van der Waals surface area contributed by atoms with Crippen LogP contribution >= 0.6 is 0 Å². The number of methoxy groups -OCH3 is 1. The van der Waals surface area contributed by atoms with Crippen molar-refractivity contribution in [3.05, 3.63) is 59.7 Å². The highest BCUT2D eigenvalue weighted by atomic mass is 16.5. The summed E-state index contributed by atoms with van der Waals surface area (Å²) in [6, 6.07) is 16.2. The summed E-state index contributed by atoms with van der Waals surface area (Å²) >= 11 is 0. The monoisotopic (exact) mass is 267 g/mol. The zero-order valence-electron chi connectivity index (χ0n) is 12.2. The van der Waals surface area contributed by atoms with Crippen LogP contribution in [0, 0.1) is 0 Å². The predicted molar refractivity (Wildman–Crippen MR) is 85.3 cm³/mol. The molecule has 0 saturated carbocycles. The molecule has 0 aliphatic rings. The first-order valence-electron chi connectivity index (χ1n) is 7.10. The molecule has 2 aromatic carbocycles. The molecule has 0 bridgehead atoms. The van der Waals surface area contributed by atoms with Gasteiger partial charge in [0.15, 0.2) is 0 Å². The van der Waals surface area contributed by atoms with Gasteiger partial charge in [-0.1, -0.05) is 49.7 Å². The number of aliphatic imine (C=N–C) groups is 1. The Kier molecular flexibility index (Phi) is 5.36. The molecule has 0 aliphatic heterocycles. The molecule has 0 amide bonds. The Hall–Kier alpha value is -2.09. The van der Waals surface area contributed by atoms with E-state index < -0.39 is 0 Å². The van der Waals surface area contributed by atoms with E-state index in [4.69, 9.17) is 4.74 Å². The fourth-order valence-corrected chi connectivity index (χ4v) is 2.15. The van der Waals surface area contributed by atoms with Crippen molar-refractivity contribution in [1.29, 1.82) is 0 Å². The van der Waals surface area contributed by atoms with Crippen molar-refractivity contribution in [2.24, 2.45) is 4.99 Å². The second-order valence-corrected chi connectivity index (χ2v) is 4.73. The number of hydrogen-bond acceptors (Lipinski definition) is 2. The van der Waals surface area contributed by atoms with Crippen LogP contribution in [0.2, 0.25) is 0 Å². The van der Waals surface area contributed by atoms with Gasteiger partial charge in [-0.25, -0.2) is 0 Å². The highest BCUT2D eigenvalue weighted by Crippen LogP contribution is 2.30. The highest BCUT2D eigenvalue weighted by molar-refractivity contribution is 5.82. The molecule has 0 unspecified atom stereocenters. The smallest absolute Gasteiger partial charge is 0.124 e. The van der Waals surface area contributed by atoms with Crippen molar-refractivity contribution in [2.75, 3.05) is 7.11 Å². The number of ether oxygens (including phenoxy) is 1. The molecule has 0 spiro atoms. The van der Waals surface area contributed by atoms with E-state index in [0.717, 1.165) is 29.8 Å². The fraction of sp³-hybridized carbons (Fsp3) is 0.278. The van der Waals surface area contributed by atoms with Crippen LogP contribution in [0.1, 0.15) is 30.9 Å². The van der Waals surface area contributed by atoms with Crippen molar-refractivity contribution >= 4 is 11.9 Å². The van der Waals surface area contributed by atoms with Crippen LogP contribution in [-0.2, 0) is 6.42 Å². The van der Waals surface area contributed by atoms with Crippen molar-refractivity contribution < 1.29 is 4.74 Å². The lowest BCUT2D eigenvalue weighted by Crippen LogP contribution is -1.93. The summed E-state index contributed by atoms with van der Waals surface area (Å²) in [5.74, 6) is 0.932. The normalized spacial score (nSPS) is 10.9. The molecule has 0 heterocycles. The average Bonchev–Trinajstić information content (AvgIpc) is 2.52. The van der Waals surface area contributed by atoms with E-state index in [-0.39, 0.29) is 0 Å². The molecular weight excluding hydrogens is 246 g/mol. The molecule has 0 aliphatic carbocycles. The molecule has 0 radical (unpaired) electrons. The average molecular weight is 267 g/mol. The second kappa shape index (κ2) is 7.49. The summed E-state index contributed by atoms with van der Waals surface area (Å²) in [7, 11) is 1.72. The Morgan fingerprint density at radius 2 is 1.85 bits per heavy atom. The minimum absolute atomic E-state index is 0.932. The van der Waals surface area contributed by atoms with E-state index in [1.807, 2.05) is 42.6 Å². The Morgan fingerprint density at radius 1 is 1.05 bits per heavy atom. The van der Waals surface area contributed by atoms with E-state index in [0.29, 0.717) is 0 Å². The third kappa shape index (κ3) is 3.70. The lowest BCUT2D eigenvalue weighted by molar-refractivity contribution is 0.409. The summed E-state index contributed by atoms with van der Waals surface area (Å²) in [5, 5.41) is 0. The minimum Gasteiger partial charge on any atom is -0.496 e. The lowest BCUT2D eigenvalue weighted by Gasteiger charge is -2.10. The molecular formula is C18H21NO. The van der Waals surface area contributed by atoms with Crippen LogP contribution in [0.5, 0.6) is 5.75 Å². The second-order valence-electron chi connectivity index (χ2n) is 4.73. The Morgan fingerprint density at radius 3 is 2.55 bits per heavy atom. The van der Waals surface area contributed by atoms with Gasteiger partial charge in [0.1, 0.15) is 5.75 Å². The van der Waals surface area contributed by atoms with Crippen LogP contribution < -0.4 is 4.74 Å². The molecule has 2 rings (SSSR count). The van der Waals surface area contributed by atoms with Crippen LogP contribution in [0.4, 0.5) is 5.69 Å². The number of rotatable bonds is 6. The fourth-order valence-electron chi connectivity index (χ4n) is 2.15. The van der Waals surface area contributed by atoms with E-state index >= 15 is 0 Å². The van der Waals surface area contributed by atoms with Gasteiger partial charge < -0.3 is 4.74 Å². The number of benzene rings is 2. The zero-order chi connectivity index (χ0) is 14.2. The molecule has 0 fully saturated rings. The first-order chi connectivity index (χ1) is 9.85. The molecule has 104 valence electrons. The van der Waals surface area contributed by atoms with Crippen LogP contribution in [0.25, 0.3) is 0 Å². The maximum atomic E-state index is 5.46. The van der Waals surface area contributed by atoms with E-state index in [1.165, 1.54) is 12.0 Å². The molecule has 0 atom stereocenters. The van der Waals surface area contributed by atoms with Crippen molar-refractivity contribution in [1.82, 2.24) is 0 Å². The van der Waals surface area contributed by atoms with Gasteiger partial charge >= 0.3 is 0 Å². The largest absolute Gasteiger partial charge is 0.496 e. The Labute approximate surface area is 121 Å². The molecule has 0 saturated heterocycles. The predicted octanol–water partition coefficient (Wildman–Crippen LogP) is 4.79. The van der Waals surface area contributed by atoms with Gasteiger partial charge in [-0.3, -0.25) is 4.99 Å². The SMILES string of the molecule is CCCCc1c(N=Cc2ccccc2)cccc1OC. The van der Waals surface area contributed by atoms with Crippen molar-refractivity contribution in [3.63, 3.8) is 0 Å². The van der Waals surface area contributed by atoms with E-state index in [2.05, 4.69) is 24.0 Å². The summed E-state index contributed by atoms with van der Waals surface area (Å²) in [6.07, 6.45) is 5.22. The third-order valence-electron chi connectivity index (χ3n) is 3.26. The summed E-state index contributed by atoms with van der Waals surface area (Å²) in [4.78, 5) is 4.63.